The topological polar surface area (TPSA) is 33.1 Å². The number of nitrogens with one attached hydrogen (secondary N) is 1. The largest absolute Gasteiger partial charge is 0.296 e. The number of nitrogens with zero attached hydrogens (tertiary/aromatic N) is 2. The van der Waals surface area contributed by atoms with Crippen LogP contribution < -0.4 is 0 Å². The molecule has 2 aromatic heterocycles. The Hall–Kier alpha value is -2.07. The molecule has 2 heterocycles. The van der Waals surface area contributed by atoms with Gasteiger partial charge in [0.15, 0.2) is 5.65 Å². The van der Waals surface area contributed by atoms with E-state index in [1.165, 1.54) is 0 Å². The van der Waals surface area contributed by atoms with Crippen molar-refractivity contribution in [1.29, 1.82) is 0 Å². The number of benzene rings is 2. The zero-order valence-corrected chi connectivity index (χ0v) is 12.5. The number of H-pyrrole nitrogens is 1. The molecule has 0 atom stereocenters. The standard InChI is InChI=1S/C16H12BrN3/c1-10-15(11-6-2-3-7-12(11)17)16-18-13-8-4-5-9-14(13)20(16)19-10/h2-9,19H,1H3. The third-order valence-electron chi connectivity index (χ3n) is 3.58. The van der Waals surface area contributed by atoms with Crippen LogP contribution >= 0.6 is 15.9 Å². The lowest BCUT2D eigenvalue weighted by atomic mass is 10.1. The number of hydrogen-bond donors (Lipinski definition) is 1. The van der Waals surface area contributed by atoms with E-state index in [0.29, 0.717) is 0 Å². The van der Waals surface area contributed by atoms with E-state index in [9.17, 15) is 0 Å². The van der Waals surface area contributed by atoms with Gasteiger partial charge in [0.05, 0.1) is 11.0 Å². The maximum atomic E-state index is 4.76. The summed E-state index contributed by atoms with van der Waals surface area (Å²) in [5.41, 5.74) is 6.50. The summed E-state index contributed by atoms with van der Waals surface area (Å²) in [6.45, 7) is 2.08. The summed E-state index contributed by atoms with van der Waals surface area (Å²) in [6, 6.07) is 16.4. The number of fused-ring (bicyclic) bond motifs is 3. The fraction of sp³-hybridized carbons (Fsp3) is 0.0625. The summed E-state index contributed by atoms with van der Waals surface area (Å²) in [6.07, 6.45) is 0. The Kier molecular flexibility index (Phi) is 2.47. The molecule has 20 heavy (non-hydrogen) atoms. The van der Waals surface area contributed by atoms with Crippen LogP contribution in [0.2, 0.25) is 0 Å². The third kappa shape index (κ3) is 1.55. The first-order valence-corrected chi connectivity index (χ1v) is 7.25. The maximum Gasteiger partial charge on any atom is 0.162 e. The summed E-state index contributed by atoms with van der Waals surface area (Å²) >= 11 is 3.63. The molecule has 4 rings (SSSR count). The van der Waals surface area contributed by atoms with Crippen LogP contribution in [0, 0.1) is 6.92 Å². The quantitative estimate of drug-likeness (QED) is 0.547. The maximum absolute atomic E-state index is 4.76. The number of para-hydroxylation sites is 2. The lowest BCUT2D eigenvalue weighted by Gasteiger charge is -2.02. The summed E-state index contributed by atoms with van der Waals surface area (Å²) in [7, 11) is 0. The second-order valence-electron chi connectivity index (χ2n) is 4.85. The molecule has 0 bridgehead atoms. The molecule has 0 unspecified atom stereocenters. The minimum Gasteiger partial charge on any atom is -0.296 e. The molecule has 0 radical (unpaired) electrons. The molecule has 0 amide bonds. The van der Waals surface area contributed by atoms with Gasteiger partial charge in [-0.25, -0.2) is 9.50 Å². The minimum atomic E-state index is 0.968. The highest BCUT2D eigenvalue weighted by Gasteiger charge is 2.16. The first-order valence-electron chi connectivity index (χ1n) is 6.46. The van der Waals surface area contributed by atoms with E-state index in [1.54, 1.807) is 0 Å². The van der Waals surface area contributed by atoms with Crippen LogP contribution in [0.1, 0.15) is 5.69 Å². The Morgan fingerprint density at radius 2 is 1.80 bits per heavy atom. The lowest BCUT2D eigenvalue weighted by molar-refractivity contribution is 0.974. The predicted molar refractivity (Wildman–Crippen MR) is 84.9 cm³/mol. The van der Waals surface area contributed by atoms with Crippen molar-refractivity contribution in [3.8, 4) is 11.1 Å². The number of aromatic amines is 1. The highest BCUT2D eigenvalue weighted by atomic mass is 79.9. The molecule has 4 aromatic rings. The summed E-state index contributed by atoms with van der Waals surface area (Å²) in [4.78, 5) is 4.76. The molecule has 98 valence electrons. The van der Waals surface area contributed by atoms with Crippen molar-refractivity contribution in [3.63, 3.8) is 0 Å². The fourth-order valence-electron chi connectivity index (χ4n) is 2.68. The first kappa shape index (κ1) is 11.7. The van der Waals surface area contributed by atoms with Gasteiger partial charge >= 0.3 is 0 Å². The van der Waals surface area contributed by atoms with Crippen LogP contribution in [0.5, 0.6) is 0 Å². The molecule has 0 saturated heterocycles. The van der Waals surface area contributed by atoms with E-state index in [0.717, 1.165) is 38.0 Å². The Morgan fingerprint density at radius 3 is 2.65 bits per heavy atom. The van der Waals surface area contributed by atoms with E-state index in [2.05, 4.69) is 50.7 Å². The molecule has 0 aliphatic carbocycles. The summed E-state index contributed by atoms with van der Waals surface area (Å²) in [5.74, 6) is 0. The van der Waals surface area contributed by atoms with Gasteiger partial charge in [-0.2, -0.15) is 0 Å². The molecular weight excluding hydrogens is 314 g/mol. The molecule has 1 N–H and O–H groups in total. The average molecular weight is 326 g/mol. The van der Waals surface area contributed by atoms with Gasteiger partial charge in [0.1, 0.15) is 0 Å². The zero-order valence-electron chi connectivity index (χ0n) is 10.9. The van der Waals surface area contributed by atoms with Gasteiger partial charge in [-0.3, -0.25) is 5.10 Å². The van der Waals surface area contributed by atoms with Crippen molar-refractivity contribution in [2.75, 3.05) is 0 Å². The van der Waals surface area contributed by atoms with Gasteiger partial charge in [0.2, 0.25) is 0 Å². The molecule has 4 heteroatoms. The SMILES string of the molecule is Cc1[nH]n2c(nc3ccccc32)c1-c1ccccc1Br. The van der Waals surface area contributed by atoms with Crippen LogP contribution in [-0.2, 0) is 0 Å². The van der Waals surface area contributed by atoms with Gasteiger partial charge in [-0.05, 0) is 25.1 Å². The van der Waals surface area contributed by atoms with E-state index < -0.39 is 0 Å². The van der Waals surface area contributed by atoms with Crippen molar-refractivity contribution >= 4 is 32.6 Å². The molecule has 0 spiro atoms. The number of imidazole rings is 1. The summed E-state index contributed by atoms with van der Waals surface area (Å²) < 4.78 is 3.14. The van der Waals surface area contributed by atoms with Crippen LogP contribution in [0.4, 0.5) is 0 Å². The van der Waals surface area contributed by atoms with Crippen LogP contribution in [0.25, 0.3) is 27.8 Å². The normalized spacial score (nSPS) is 11.5. The van der Waals surface area contributed by atoms with Crippen LogP contribution in [-0.4, -0.2) is 14.6 Å². The van der Waals surface area contributed by atoms with Crippen molar-refractivity contribution in [2.24, 2.45) is 0 Å². The first-order chi connectivity index (χ1) is 9.75. The average Bonchev–Trinajstić information content (AvgIpc) is 2.95. The van der Waals surface area contributed by atoms with E-state index >= 15 is 0 Å². The van der Waals surface area contributed by atoms with E-state index in [4.69, 9.17) is 4.98 Å². The second kappa shape index (κ2) is 4.21. The van der Waals surface area contributed by atoms with Gasteiger partial charge in [-0.1, -0.05) is 46.3 Å². The Balaban J connectivity index is 2.14. The minimum absolute atomic E-state index is 0.968. The van der Waals surface area contributed by atoms with E-state index in [1.807, 2.05) is 30.3 Å². The number of aryl methyl sites for hydroxylation is 1. The number of aromatic nitrogens is 3. The summed E-state index contributed by atoms with van der Waals surface area (Å²) in [5, 5.41) is 3.41. The third-order valence-corrected chi connectivity index (χ3v) is 4.27. The smallest absolute Gasteiger partial charge is 0.162 e. The highest BCUT2D eigenvalue weighted by Crippen LogP contribution is 2.34. The van der Waals surface area contributed by atoms with Crippen molar-refractivity contribution in [1.82, 2.24) is 14.6 Å². The number of hydrogen-bond acceptors (Lipinski definition) is 1. The molecule has 2 aromatic carbocycles. The Bertz CT molecular complexity index is 933. The van der Waals surface area contributed by atoms with Gasteiger partial charge in [0, 0.05) is 21.3 Å². The molecule has 0 fully saturated rings. The Morgan fingerprint density at radius 1 is 1.05 bits per heavy atom. The molecule has 0 aliphatic heterocycles. The van der Waals surface area contributed by atoms with Gasteiger partial charge < -0.3 is 0 Å². The monoisotopic (exact) mass is 325 g/mol. The Labute approximate surface area is 124 Å². The number of halogens is 1. The predicted octanol–water partition coefficient (Wildman–Crippen LogP) is 4.55. The molecule has 0 aliphatic rings. The highest BCUT2D eigenvalue weighted by molar-refractivity contribution is 9.10. The van der Waals surface area contributed by atoms with Crippen molar-refractivity contribution in [2.45, 2.75) is 6.92 Å². The van der Waals surface area contributed by atoms with Crippen molar-refractivity contribution in [3.05, 3.63) is 58.7 Å². The van der Waals surface area contributed by atoms with Gasteiger partial charge in [-0.15, -0.1) is 0 Å². The van der Waals surface area contributed by atoms with E-state index in [-0.39, 0.29) is 0 Å². The zero-order chi connectivity index (χ0) is 13.7. The van der Waals surface area contributed by atoms with Crippen LogP contribution in [0.3, 0.4) is 0 Å². The van der Waals surface area contributed by atoms with Gasteiger partial charge in [0.25, 0.3) is 0 Å². The fourth-order valence-corrected chi connectivity index (χ4v) is 3.17. The van der Waals surface area contributed by atoms with Crippen molar-refractivity contribution < 1.29 is 0 Å². The second-order valence-corrected chi connectivity index (χ2v) is 5.71. The lowest BCUT2D eigenvalue weighted by Crippen LogP contribution is -1.83. The molecule has 3 nitrogen and oxygen atoms in total. The number of rotatable bonds is 1. The molecule has 0 saturated carbocycles. The molecular formula is C16H12BrN3. The van der Waals surface area contributed by atoms with Crippen LogP contribution in [0.15, 0.2) is 53.0 Å².